The molecule has 0 radical (unpaired) electrons. The Kier molecular flexibility index (Phi) is 3.41. The number of aromatic nitrogens is 2. The van der Waals surface area contributed by atoms with Gasteiger partial charge in [-0.15, -0.1) is 0 Å². The largest absolute Gasteiger partial charge is 0.434 e. The number of fused-ring (bicyclic) bond motifs is 9. The van der Waals surface area contributed by atoms with Gasteiger partial charge >= 0.3 is 6.61 Å². The zero-order valence-corrected chi connectivity index (χ0v) is 15.1. The summed E-state index contributed by atoms with van der Waals surface area (Å²) in [7, 11) is 0. The molecule has 0 N–H and O–H groups in total. The number of rotatable bonds is 2. The fourth-order valence-corrected chi connectivity index (χ4v) is 4.74. The normalized spacial score (nSPS) is 23.4. The van der Waals surface area contributed by atoms with Crippen LogP contribution in [0.5, 0.6) is 5.75 Å². The van der Waals surface area contributed by atoms with Crippen LogP contribution in [0.4, 0.5) is 8.78 Å². The van der Waals surface area contributed by atoms with Crippen LogP contribution in [0.3, 0.4) is 0 Å². The topological polar surface area (TPSA) is 44.1 Å². The number of hydrogen-bond donors (Lipinski definition) is 0. The van der Waals surface area contributed by atoms with Gasteiger partial charge in [-0.1, -0.05) is 30.7 Å². The van der Waals surface area contributed by atoms with E-state index in [9.17, 15) is 13.6 Å². The monoisotopic (exact) mass is 388 g/mol. The van der Waals surface area contributed by atoms with Gasteiger partial charge in [-0.05, 0) is 30.7 Å². The molecule has 2 heterocycles. The standard InChI is InChI=1S/C20H15ClF2N2O2/c1-20-8-14(25-13-7-10(21)5-6-12(13)24-18(20)25)17-11(15(26)9-20)3-2-4-16(17)27-19(22)23/h2-7,14,19H,8-9H2,1H3/t14-,20+/m1/s1. The second-order valence-electron chi connectivity index (χ2n) is 7.41. The van der Waals surface area contributed by atoms with Crippen molar-refractivity contribution in [3.8, 4) is 5.75 Å². The van der Waals surface area contributed by atoms with Gasteiger partial charge in [0.15, 0.2) is 5.78 Å². The van der Waals surface area contributed by atoms with Gasteiger partial charge in [0.25, 0.3) is 0 Å². The van der Waals surface area contributed by atoms with E-state index in [-0.39, 0.29) is 24.0 Å². The summed E-state index contributed by atoms with van der Waals surface area (Å²) in [5.41, 5.74) is 2.07. The van der Waals surface area contributed by atoms with Crippen LogP contribution in [0.15, 0.2) is 36.4 Å². The Balaban J connectivity index is 1.83. The number of hydrogen-bond acceptors (Lipinski definition) is 3. The van der Waals surface area contributed by atoms with E-state index in [1.54, 1.807) is 18.2 Å². The summed E-state index contributed by atoms with van der Waals surface area (Å²) < 4.78 is 32.8. The Hall–Kier alpha value is -2.47. The molecular formula is C20H15ClF2N2O2. The van der Waals surface area contributed by atoms with Crippen molar-refractivity contribution >= 4 is 28.4 Å². The lowest BCUT2D eigenvalue weighted by molar-refractivity contribution is -0.0507. The van der Waals surface area contributed by atoms with Crippen LogP contribution in [-0.4, -0.2) is 21.9 Å². The van der Waals surface area contributed by atoms with E-state index in [4.69, 9.17) is 21.3 Å². The number of nitrogens with zero attached hydrogens (tertiary/aromatic N) is 2. The van der Waals surface area contributed by atoms with Gasteiger partial charge in [0.05, 0.1) is 17.1 Å². The number of imidazole rings is 1. The first-order chi connectivity index (χ1) is 12.9. The zero-order valence-electron chi connectivity index (χ0n) is 14.4. The van der Waals surface area contributed by atoms with Crippen LogP contribution in [0.25, 0.3) is 11.0 Å². The van der Waals surface area contributed by atoms with Crippen LogP contribution in [0, 0.1) is 0 Å². The minimum atomic E-state index is -2.96. The minimum absolute atomic E-state index is 0.0434. The summed E-state index contributed by atoms with van der Waals surface area (Å²) in [4.78, 5) is 17.7. The zero-order chi connectivity index (χ0) is 18.9. The molecule has 2 atom stereocenters. The Morgan fingerprint density at radius 3 is 2.93 bits per heavy atom. The lowest BCUT2D eigenvalue weighted by Crippen LogP contribution is -2.23. The maximum absolute atomic E-state index is 13.0. The first-order valence-corrected chi connectivity index (χ1v) is 9.04. The van der Waals surface area contributed by atoms with E-state index in [0.29, 0.717) is 22.6 Å². The van der Waals surface area contributed by atoms with Gasteiger partial charge in [0.1, 0.15) is 11.6 Å². The van der Waals surface area contributed by atoms with E-state index < -0.39 is 12.0 Å². The lowest BCUT2D eigenvalue weighted by Gasteiger charge is -2.21. The number of carbonyl (C=O) groups is 1. The summed E-state index contributed by atoms with van der Waals surface area (Å²) in [6.45, 7) is -0.958. The van der Waals surface area contributed by atoms with Crippen LogP contribution >= 0.6 is 11.6 Å². The second kappa shape index (κ2) is 5.52. The van der Waals surface area contributed by atoms with Crippen LogP contribution in [0.1, 0.15) is 47.6 Å². The highest BCUT2D eigenvalue weighted by Gasteiger charge is 2.49. The van der Waals surface area contributed by atoms with Gasteiger partial charge < -0.3 is 9.30 Å². The van der Waals surface area contributed by atoms with Crippen molar-refractivity contribution in [3.05, 3.63) is 58.4 Å². The van der Waals surface area contributed by atoms with Crippen molar-refractivity contribution in [3.63, 3.8) is 0 Å². The molecule has 1 aliphatic carbocycles. The average molecular weight is 389 g/mol. The van der Waals surface area contributed by atoms with Crippen LogP contribution in [-0.2, 0) is 5.41 Å². The number of ether oxygens (including phenoxy) is 1. The Morgan fingerprint density at radius 2 is 2.15 bits per heavy atom. The minimum Gasteiger partial charge on any atom is -0.434 e. The Morgan fingerprint density at radius 1 is 1.33 bits per heavy atom. The molecule has 27 heavy (non-hydrogen) atoms. The predicted octanol–water partition coefficient (Wildman–Crippen LogP) is 5.13. The van der Waals surface area contributed by atoms with Gasteiger partial charge in [-0.25, -0.2) is 4.98 Å². The summed E-state index contributed by atoms with van der Waals surface area (Å²) in [5, 5.41) is 0.572. The highest BCUT2D eigenvalue weighted by atomic mass is 35.5. The molecular weight excluding hydrogens is 374 g/mol. The third-order valence-electron chi connectivity index (χ3n) is 5.61. The third-order valence-corrected chi connectivity index (χ3v) is 5.85. The second-order valence-corrected chi connectivity index (χ2v) is 7.85. The number of benzene rings is 2. The van der Waals surface area contributed by atoms with Gasteiger partial charge in [-0.3, -0.25) is 4.79 Å². The summed E-state index contributed by atoms with van der Waals surface area (Å²) >= 11 is 6.19. The molecule has 138 valence electrons. The fourth-order valence-electron chi connectivity index (χ4n) is 4.58. The molecule has 2 aliphatic rings. The summed E-state index contributed by atoms with van der Waals surface area (Å²) in [6.07, 6.45) is 0.867. The van der Waals surface area contributed by atoms with Crippen LogP contribution in [0.2, 0.25) is 5.02 Å². The molecule has 2 bridgehead atoms. The van der Waals surface area contributed by atoms with Gasteiger partial charge in [-0.2, -0.15) is 8.78 Å². The van der Waals surface area contributed by atoms with E-state index in [2.05, 4.69) is 0 Å². The van der Waals surface area contributed by atoms with Crippen LogP contribution < -0.4 is 4.74 Å². The Bertz CT molecular complexity index is 1110. The molecule has 0 spiro atoms. The number of alkyl halides is 2. The van der Waals surface area contributed by atoms with E-state index >= 15 is 0 Å². The number of ketones is 1. The van der Waals surface area contributed by atoms with Gasteiger partial charge in [0.2, 0.25) is 0 Å². The summed E-state index contributed by atoms with van der Waals surface area (Å²) in [5.74, 6) is 0.753. The molecule has 0 unspecified atom stereocenters. The molecule has 1 aliphatic heterocycles. The predicted molar refractivity (Wildman–Crippen MR) is 96.9 cm³/mol. The number of halogens is 3. The molecule has 0 saturated heterocycles. The maximum atomic E-state index is 13.0. The van der Waals surface area contributed by atoms with Crippen molar-refractivity contribution in [2.75, 3.05) is 0 Å². The van der Waals surface area contributed by atoms with Crippen molar-refractivity contribution in [1.82, 2.24) is 9.55 Å². The molecule has 0 amide bonds. The van der Waals surface area contributed by atoms with Crippen molar-refractivity contribution in [1.29, 1.82) is 0 Å². The van der Waals surface area contributed by atoms with Crippen molar-refractivity contribution < 1.29 is 18.3 Å². The van der Waals surface area contributed by atoms with Gasteiger partial charge in [0, 0.05) is 28.0 Å². The highest BCUT2D eigenvalue weighted by Crippen LogP contribution is 2.53. The lowest BCUT2D eigenvalue weighted by atomic mass is 9.82. The first kappa shape index (κ1) is 16.7. The quantitative estimate of drug-likeness (QED) is 0.611. The summed E-state index contributed by atoms with van der Waals surface area (Å²) in [6, 6.07) is 9.87. The molecule has 4 nitrogen and oxygen atoms in total. The van der Waals surface area contributed by atoms with E-state index in [1.807, 2.05) is 23.6 Å². The van der Waals surface area contributed by atoms with Crippen molar-refractivity contribution in [2.45, 2.75) is 37.8 Å². The molecule has 2 aromatic carbocycles. The highest BCUT2D eigenvalue weighted by molar-refractivity contribution is 6.31. The first-order valence-electron chi connectivity index (χ1n) is 8.66. The maximum Gasteiger partial charge on any atom is 0.387 e. The average Bonchev–Trinajstić information content (AvgIpc) is 3.06. The van der Waals surface area contributed by atoms with E-state index in [1.165, 1.54) is 6.07 Å². The molecule has 3 aromatic rings. The molecule has 5 rings (SSSR count). The fraction of sp³-hybridized carbons (Fsp3) is 0.300. The molecule has 0 saturated carbocycles. The SMILES string of the molecule is C[C@@]12CC(=O)c3cccc(OC(F)F)c3[C@@H](C1)n1c2nc2ccc(Cl)cc21. The Labute approximate surface area is 158 Å². The van der Waals surface area contributed by atoms with E-state index in [0.717, 1.165) is 16.9 Å². The third kappa shape index (κ3) is 2.32. The number of Topliss-reactive ketones (excluding diaryl/α,β-unsaturated/α-hetero) is 1. The molecule has 1 aromatic heterocycles. The smallest absolute Gasteiger partial charge is 0.387 e. The number of carbonyl (C=O) groups excluding carboxylic acids is 1. The molecule has 0 fully saturated rings. The van der Waals surface area contributed by atoms with Crippen molar-refractivity contribution in [2.24, 2.45) is 0 Å². The molecule has 7 heteroatoms.